The highest BCUT2D eigenvalue weighted by atomic mass is 16.5. The van der Waals surface area contributed by atoms with Gasteiger partial charge < -0.3 is 24.6 Å². The first-order valence-corrected chi connectivity index (χ1v) is 11.1. The van der Waals surface area contributed by atoms with Crippen LogP contribution in [0, 0.1) is 6.92 Å². The Bertz CT molecular complexity index is 954. The van der Waals surface area contributed by atoms with Crippen molar-refractivity contribution in [2.24, 2.45) is 0 Å². The van der Waals surface area contributed by atoms with Crippen molar-refractivity contribution < 1.29 is 28.4 Å². The number of aromatic nitrogens is 1. The predicted octanol–water partition coefficient (Wildman–Crippen LogP) is 2.43. The Morgan fingerprint density at radius 3 is 2.73 bits per heavy atom. The van der Waals surface area contributed by atoms with E-state index in [-0.39, 0.29) is 49.0 Å². The fraction of sp³-hybridized carbons (Fsp3) is 0.478. The number of hydrogen-bond acceptors (Lipinski definition) is 7. The number of nitrogens with zero attached hydrogens (tertiary/aromatic N) is 2. The number of benzene rings is 1. The van der Waals surface area contributed by atoms with Gasteiger partial charge >= 0.3 is 0 Å². The first-order valence-electron chi connectivity index (χ1n) is 11.1. The van der Waals surface area contributed by atoms with Crippen molar-refractivity contribution in [1.82, 2.24) is 10.5 Å². The number of nitrogens with one attached hydrogen (secondary N) is 2. The van der Waals surface area contributed by atoms with Crippen molar-refractivity contribution in [3.8, 4) is 5.75 Å². The molecule has 1 saturated heterocycles. The van der Waals surface area contributed by atoms with Crippen LogP contribution in [-0.4, -0.2) is 55.3 Å². The third kappa shape index (κ3) is 7.31. The minimum atomic E-state index is -0.377. The molecule has 178 valence electrons. The number of para-hydroxylation sites is 2. The summed E-state index contributed by atoms with van der Waals surface area (Å²) in [5.41, 5.74) is 0.476. The van der Waals surface area contributed by atoms with Gasteiger partial charge in [-0.25, -0.2) is 0 Å². The van der Waals surface area contributed by atoms with Crippen LogP contribution in [0.15, 0.2) is 34.9 Å². The van der Waals surface area contributed by atoms with Crippen molar-refractivity contribution >= 4 is 29.2 Å². The van der Waals surface area contributed by atoms with Crippen molar-refractivity contribution in [3.05, 3.63) is 36.1 Å². The van der Waals surface area contributed by atoms with Gasteiger partial charge in [0.2, 0.25) is 17.7 Å². The second-order valence-electron chi connectivity index (χ2n) is 7.69. The zero-order valence-corrected chi connectivity index (χ0v) is 19.0. The van der Waals surface area contributed by atoms with Crippen LogP contribution < -0.4 is 20.3 Å². The lowest BCUT2D eigenvalue weighted by Crippen LogP contribution is -2.43. The topological polar surface area (TPSA) is 123 Å². The van der Waals surface area contributed by atoms with Gasteiger partial charge in [0.25, 0.3) is 0 Å². The Balaban J connectivity index is 1.65. The molecule has 1 aromatic heterocycles. The molecule has 3 amide bonds. The van der Waals surface area contributed by atoms with E-state index in [4.69, 9.17) is 14.0 Å². The van der Waals surface area contributed by atoms with E-state index in [1.807, 2.05) is 6.92 Å². The molecule has 1 aliphatic heterocycles. The SMILES string of the molecule is CCOc1ccccc1N(CC(=O)NC[C@@H]1CCCO1)C(=O)CCC(=O)Nc1cc(C)on1. The van der Waals surface area contributed by atoms with E-state index in [9.17, 15) is 14.4 Å². The van der Waals surface area contributed by atoms with Gasteiger partial charge in [0, 0.05) is 32.1 Å². The number of hydrogen-bond donors (Lipinski definition) is 2. The Kier molecular flexibility index (Phi) is 8.82. The molecule has 3 rings (SSSR count). The summed E-state index contributed by atoms with van der Waals surface area (Å²) in [6.45, 7) is 4.86. The van der Waals surface area contributed by atoms with Gasteiger partial charge in [0.1, 0.15) is 18.1 Å². The van der Waals surface area contributed by atoms with Crippen molar-refractivity contribution in [1.29, 1.82) is 0 Å². The molecule has 2 heterocycles. The van der Waals surface area contributed by atoms with Crippen LogP contribution in [0.25, 0.3) is 0 Å². The minimum Gasteiger partial charge on any atom is -0.492 e. The number of carbonyl (C=O) groups excluding carboxylic acids is 3. The molecule has 0 unspecified atom stereocenters. The monoisotopic (exact) mass is 458 g/mol. The highest BCUT2D eigenvalue weighted by Crippen LogP contribution is 2.28. The van der Waals surface area contributed by atoms with Crippen LogP contribution in [0.3, 0.4) is 0 Å². The maximum Gasteiger partial charge on any atom is 0.240 e. The molecule has 1 fully saturated rings. The largest absolute Gasteiger partial charge is 0.492 e. The Morgan fingerprint density at radius 1 is 1.21 bits per heavy atom. The standard InChI is InChI=1S/C23H30N4O6/c1-3-31-19-9-5-4-8-18(19)27(15-22(29)24-14-17-7-6-12-32-17)23(30)11-10-21(28)25-20-13-16(2)33-26-20/h4-5,8-9,13,17H,3,6-7,10-12,14-15H2,1-2H3,(H,24,29)(H,25,26,28)/t17-/m0/s1. The first kappa shape index (κ1) is 24.2. The van der Waals surface area contributed by atoms with Gasteiger partial charge in [-0.05, 0) is 38.8 Å². The lowest BCUT2D eigenvalue weighted by atomic mass is 10.2. The van der Waals surface area contributed by atoms with Crippen LogP contribution >= 0.6 is 0 Å². The summed E-state index contributed by atoms with van der Waals surface area (Å²) in [6.07, 6.45) is 1.70. The Morgan fingerprint density at radius 2 is 2.03 bits per heavy atom. The molecule has 10 heteroatoms. The van der Waals surface area contributed by atoms with Gasteiger partial charge in [0.05, 0.1) is 18.4 Å². The van der Waals surface area contributed by atoms with E-state index in [0.29, 0.717) is 37.0 Å². The molecule has 2 aromatic rings. The molecule has 1 aromatic carbocycles. The lowest BCUT2D eigenvalue weighted by Gasteiger charge is -2.25. The molecular formula is C23H30N4O6. The van der Waals surface area contributed by atoms with Crippen LogP contribution in [-0.2, 0) is 19.1 Å². The summed E-state index contributed by atoms with van der Waals surface area (Å²) in [5, 5.41) is 9.13. The van der Waals surface area contributed by atoms with Gasteiger partial charge in [-0.15, -0.1) is 0 Å². The molecule has 0 radical (unpaired) electrons. The molecule has 0 saturated carbocycles. The highest BCUT2D eigenvalue weighted by molar-refractivity contribution is 6.02. The number of ether oxygens (including phenoxy) is 2. The quantitative estimate of drug-likeness (QED) is 0.530. The van der Waals surface area contributed by atoms with E-state index in [1.165, 1.54) is 4.90 Å². The van der Waals surface area contributed by atoms with Crippen LogP contribution in [0.1, 0.15) is 38.4 Å². The van der Waals surface area contributed by atoms with Crippen molar-refractivity contribution in [3.63, 3.8) is 0 Å². The maximum atomic E-state index is 13.1. The molecule has 1 atom stereocenters. The van der Waals surface area contributed by atoms with Gasteiger partial charge in [-0.1, -0.05) is 17.3 Å². The van der Waals surface area contributed by atoms with E-state index in [1.54, 1.807) is 37.3 Å². The summed E-state index contributed by atoms with van der Waals surface area (Å²) in [7, 11) is 0. The van der Waals surface area contributed by atoms with Crippen LogP contribution in [0.5, 0.6) is 5.75 Å². The van der Waals surface area contributed by atoms with Gasteiger partial charge in [0.15, 0.2) is 5.82 Å². The Labute approximate surface area is 192 Å². The zero-order valence-electron chi connectivity index (χ0n) is 19.0. The molecule has 0 aliphatic carbocycles. The number of rotatable bonds is 11. The third-order valence-corrected chi connectivity index (χ3v) is 5.07. The van der Waals surface area contributed by atoms with Crippen LogP contribution in [0.4, 0.5) is 11.5 Å². The van der Waals surface area contributed by atoms with E-state index in [0.717, 1.165) is 12.8 Å². The molecule has 10 nitrogen and oxygen atoms in total. The maximum absolute atomic E-state index is 13.1. The lowest BCUT2D eigenvalue weighted by molar-refractivity contribution is -0.125. The van der Waals surface area contributed by atoms with Gasteiger partial charge in [-0.2, -0.15) is 0 Å². The zero-order chi connectivity index (χ0) is 23.6. The second-order valence-corrected chi connectivity index (χ2v) is 7.69. The molecule has 2 N–H and O–H groups in total. The molecule has 1 aliphatic rings. The molecule has 33 heavy (non-hydrogen) atoms. The molecular weight excluding hydrogens is 428 g/mol. The number of anilines is 2. The smallest absolute Gasteiger partial charge is 0.240 e. The van der Waals surface area contributed by atoms with E-state index < -0.39 is 0 Å². The average Bonchev–Trinajstić information content (AvgIpc) is 3.47. The fourth-order valence-electron chi connectivity index (χ4n) is 3.48. The summed E-state index contributed by atoms with van der Waals surface area (Å²) in [5.74, 6) is 0.278. The van der Waals surface area contributed by atoms with Crippen LogP contribution in [0.2, 0.25) is 0 Å². The normalized spacial score (nSPS) is 15.2. The van der Waals surface area contributed by atoms with Gasteiger partial charge in [-0.3, -0.25) is 19.3 Å². The average molecular weight is 459 g/mol. The summed E-state index contributed by atoms with van der Waals surface area (Å²) < 4.78 is 16.1. The highest BCUT2D eigenvalue weighted by Gasteiger charge is 2.24. The van der Waals surface area contributed by atoms with Crippen molar-refractivity contribution in [2.75, 3.05) is 36.5 Å². The summed E-state index contributed by atoms with van der Waals surface area (Å²) >= 11 is 0. The Hall–Kier alpha value is -3.40. The minimum absolute atomic E-state index is 0.00215. The predicted molar refractivity (Wildman–Crippen MR) is 121 cm³/mol. The summed E-state index contributed by atoms with van der Waals surface area (Å²) in [6, 6.07) is 8.60. The molecule has 0 bridgehead atoms. The third-order valence-electron chi connectivity index (χ3n) is 5.07. The number of carbonyl (C=O) groups is 3. The first-order chi connectivity index (χ1) is 16.0. The van der Waals surface area contributed by atoms with E-state index >= 15 is 0 Å². The number of amides is 3. The molecule has 0 spiro atoms. The van der Waals surface area contributed by atoms with E-state index in [2.05, 4.69) is 15.8 Å². The number of aryl methyl sites for hydroxylation is 1. The summed E-state index contributed by atoms with van der Waals surface area (Å²) in [4.78, 5) is 39.3. The van der Waals surface area contributed by atoms with Crippen molar-refractivity contribution in [2.45, 2.75) is 45.6 Å². The fourth-order valence-corrected chi connectivity index (χ4v) is 3.48. The second kappa shape index (κ2) is 12.0.